The summed E-state index contributed by atoms with van der Waals surface area (Å²) < 4.78 is 10.7. The van der Waals surface area contributed by atoms with Crippen LogP contribution in [0.1, 0.15) is 11.7 Å². The van der Waals surface area contributed by atoms with Gasteiger partial charge in [-0.3, -0.25) is 0 Å². The van der Waals surface area contributed by atoms with Crippen molar-refractivity contribution in [3.63, 3.8) is 0 Å². The molecule has 0 atom stereocenters. The molecule has 0 spiro atoms. The Bertz CT molecular complexity index is 836. The second-order valence-corrected chi connectivity index (χ2v) is 5.55. The average molecular weight is 306 g/mol. The molecule has 2 N–H and O–H groups in total. The SMILES string of the molecule is COc1ccc(C2Nc3cccc4cccc(c34)N2)cc1OC. The Kier molecular flexibility index (Phi) is 3.23. The molecule has 116 valence electrons. The molecular formula is C19H18N2O2. The van der Waals surface area contributed by atoms with E-state index in [-0.39, 0.29) is 6.17 Å². The van der Waals surface area contributed by atoms with E-state index < -0.39 is 0 Å². The first-order valence-corrected chi connectivity index (χ1v) is 7.57. The van der Waals surface area contributed by atoms with E-state index in [4.69, 9.17) is 9.47 Å². The molecule has 0 fully saturated rings. The molecule has 23 heavy (non-hydrogen) atoms. The molecular weight excluding hydrogens is 288 g/mol. The Hall–Kier alpha value is -2.88. The number of anilines is 2. The Morgan fingerprint density at radius 1 is 0.783 bits per heavy atom. The maximum Gasteiger partial charge on any atom is 0.161 e. The largest absolute Gasteiger partial charge is 0.493 e. The van der Waals surface area contributed by atoms with E-state index in [0.717, 1.165) is 28.4 Å². The fourth-order valence-corrected chi connectivity index (χ4v) is 3.13. The minimum absolute atomic E-state index is 0.0182. The zero-order valence-electron chi connectivity index (χ0n) is 13.1. The number of hydrogen-bond acceptors (Lipinski definition) is 4. The van der Waals surface area contributed by atoms with Gasteiger partial charge < -0.3 is 20.1 Å². The summed E-state index contributed by atoms with van der Waals surface area (Å²) in [6.07, 6.45) is -0.0182. The summed E-state index contributed by atoms with van der Waals surface area (Å²) in [5.74, 6) is 1.46. The number of ether oxygens (including phenoxy) is 2. The van der Waals surface area contributed by atoms with Gasteiger partial charge in [0.05, 0.1) is 14.2 Å². The van der Waals surface area contributed by atoms with Crippen LogP contribution in [-0.4, -0.2) is 14.2 Å². The van der Waals surface area contributed by atoms with Crippen LogP contribution in [0, 0.1) is 0 Å². The van der Waals surface area contributed by atoms with E-state index in [1.807, 2.05) is 18.2 Å². The molecule has 0 radical (unpaired) electrons. The maximum absolute atomic E-state index is 5.41. The summed E-state index contributed by atoms with van der Waals surface area (Å²) in [6, 6.07) is 18.6. The Balaban J connectivity index is 1.76. The van der Waals surface area contributed by atoms with Gasteiger partial charge in [0.1, 0.15) is 6.17 Å². The summed E-state index contributed by atoms with van der Waals surface area (Å²) in [4.78, 5) is 0. The molecule has 0 aromatic heterocycles. The highest BCUT2D eigenvalue weighted by Crippen LogP contribution is 2.39. The van der Waals surface area contributed by atoms with Gasteiger partial charge in [-0.15, -0.1) is 0 Å². The Morgan fingerprint density at radius 3 is 2.04 bits per heavy atom. The summed E-state index contributed by atoms with van der Waals surface area (Å²) >= 11 is 0. The van der Waals surface area contributed by atoms with Crippen LogP contribution in [0.3, 0.4) is 0 Å². The van der Waals surface area contributed by atoms with Crippen molar-refractivity contribution in [2.75, 3.05) is 24.9 Å². The second kappa shape index (κ2) is 5.39. The van der Waals surface area contributed by atoms with Gasteiger partial charge in [-0.05, 0) is 35.2 Å². The highest BCUT2D eigenvalue weighted by Gasteiger charge is 2.21. The lowest BCUT2D eigenvalue weighted by molar-refractivity contribution is 0.354. The van der Waals surface area contributed by atoms with Crippen molar-refractivity contribution in [2.45, 2.75) is 6.17 Å². The van der Waals surface area contributed by atoms with Crippen molar-refractivity contribution in [2.24, 2.45) is 0 Å². The lowest BCUT2D eigenvalue weighted by atomic mass is 10.0. The molecule has 1 aliphatic heterocycles. The maximum atomic E-state index is 5.41. The predicted molar refractivity (Wildman–Crippen MR) is 93.5 cm³/mol. The van der Waals surface area contributed by atoms with Gasteiger partial charge in [-0.25, -0.2) is 0 Å². The monoisotopic (exact) mass is 306 g/mol. The second-order valence-electron chi connectivity index (χ2n) is 5.55. The van der Waals surface area contributed by atoms with Crippen molar-refractivity contribution in [3.8, 4) is 11.5 Å². The topological polar surface area (TPSA) is 42.5 Å². The Morgan fingerprint density at radius 2 is 1.43 bits per heavy atom. The highest BCUT2D eigenvalue weighted by molar-refractivity contribution is 6.04. The fourth-order valence-electron chi connectivity index (χ4n) is 3.13. The first-order valence-electron chi connectivity index (χ1n) is 7.57. The van der Waals surface area contributed by atoms with Gasteiger partial charge in [-0.2, -0.15) is 0 Å². The summed E-state index contributed by atoms with van der Waals surface area (Å²) in [7, 11) is 3.30. The average Bonchev–Trinajstić information content (AvgIpc) is 2.61. The molecule has 3 aromatic carbocycles. The van der Waals surface area contributed by atoms with Gasteiger partial charge in [0.2, 0.25) is 0 Å². The first-order chi connectivity index (χ1) is 11.3. The number of rotatable bonds is 3. The summed E-state index contributed by atoms with van der Waals surface area (Å²) in [6.45, 7) is 0. The van der Waals surface area contributed by atoms with Gasteiger partial charge in [0.25, 0.3) is 0 Å². The van der Waals surface area contributed by atoms with E-state index in [0.29, 0.717) is 0 Å². The third kappa shape index (κ3) is 2.23. The van der Waals surface area contributed by atoms with E-state index in [9.17, 15) is 0 Å². The number of benzene rings is 3. The molecule has 4 nitrogen and oxygen atoms in total. The van der Waals surface area contributed by atoms with Crippen LogP contribution in [0.4, 0.5) is 11.4 Å². The predicted octanol–water partition coefficient (Wildman–Crippen LogP) is 4.39. The molecule has 1 aliphatic rings. The molecule has 0 saturated heterocycles. The van der Waals surface area contributed by atoms with Crippen LogP contribution < -0.4 is 20.1 Å². The smallest absolute Gasteiger partial charge is 0.161 e. The lowest BCUT2D eigenvalue weighted by Gasteiger charge is -2.30. The lowest BCUT2D eigenvalue weighted by Crippen LogP contribution is -2.23. The molecule has 4 rings (SSSR count). The minimum Gasteiger partial charge on any atom is -0.493 e. The molecule has 4 heteroatoms. The number of methoxy groups -OCH3 is 2. The third-order valence-corrected chi connectivity index (χ3v) is 4.25. The van der Waals surface area contributed by atoms with Gasteiger partial charge >= 0.3 is 0 Å². The molecule has 0 unspecified atom stereocenters. The summed E-state index contributed by atoms with van der Waals surface area (Å²) in [5, 5.41) is 9.57. The van der Waals surface area contributed by atoms with Crippen molar-refractivity contribution >= 4 is 22.1 Å². The first kappa shape index (κ1) is 13.8. The number of nitrogens with one attached hydrogen (secondary N) is 2. The molecule has 0 amide bonds. The normalized spacial score (nSPS) is 13.3. The van der Waals surface area contributed by atoms with Crippen molar-refractivity contribution in [3.05, 3.63) is 60.2 Å². The molecule has 0 aliphatic carbocycles. The Labute approximate surface area is 135 Å². The van der Waals surface area contributed by atoms with Crippen LogP contribution >= 0.6 is 0 Å². The zero-order valence-corrected chi connectivity index (χ0v) is 13.1. The van der Waals surface area contributed by atoms with Crippen LogP contribution in [0.2, 0.25) is 0 Å². The highest BCUT2D eigenvalue weighted by atomic mass is 16.5. The van der Waals surface area contributed by atoms with Gasteiger partial charge in [0.15, 0.2) is 11.5 Å². The molecule has 0 saturated carbocycles. The summed E-state index contributed by atoms with van der Waals surface area (Å²) in [5.41, 5.74) is 3.36. The van der Waals surface area contributed by atoms with E-state index >= 15 is 0 Å². The minimum atomic E-state index is -0.0182. The standard InChI is InChI=1S/C19H18N2O2/c1-22-16-10-9-13(11-17(16)23-2)19-20-14-7-3-5-12-6-4-8-15(21-19)18(12)14/h3-11,19-21H,1-2H3. The van der Waals surface area contributed by atoms with Crippen LogP contribution in [0.5, 0.6) is 11.5 Å². The number of hydrogen-bond donors (Lipinski definition) is 2. The van der Waals surface area contributed by atoms with E-state index in [2.05, 4.69) is 47.0 Å². The van der Waals surface area contributed by atoms with Crippen molar-refractivity contribution in [1.82, 2.24) is 0 Å². The molecule has 1 heterocycles. The van der Waals surface area contributed by atoms with E-state index in [1.165, 1.54) is 10.8 Å². The van der Waals surface area contributed by atoms with E-state index in [1.54, 1.807) is 14.2 Å². The molecule has 0 bridgehead atoms. The zero-order chi connectivity index (χ0) is 15.8. The van der Waals surface area contributed by atoms with Crippen molar-refractivity contribution < 1.29 is 9.47 Å². The molecule has 3 aromatic rings. The van der Waals surface area contributed by atoms with Gasteiger partial charge in [0, 0.05) is 16.8 Å². The fraction of sp³-hybridized carbons (Fsp3) is 0.158. The third-order valence-electron chi connectivity index (χ3n) is 4.25. The quantitative estimate of drug-likeness (QED) is 0.753. The van der Waals surface area contributed by atoms with Crippen LogP contribution in [0.15, 0.2) is 54.6 Å². The van der Waals surface area contributed by atoms with Gasteiger partial charge in [-0.1, -0.05) is 30.3 Å². The van der Waals surface area contributed by atoms with Crippen LogP contribution in [0.25, 0.3) is 10.8 Å². The van der Waals surface area contributed by atoms with Crippen molar-refractivity contribution in [1.29, 1.82) is 0 Å². The van der Waals surface area contributed by atoms with Crippen LogP contribution in [-0.2, 0) is 0 Å².